The van der Waals surface area contributed by atoms with Crippen molar-refractivity contribution in [3.63, 3.8) is 0 Å². The van der Waals surface area contributed by atoms with Gasteiger partial charge in [0.15, 0.2) is 0 Å². The molecule has 0 spiro atoms. The molecule has 0 saturated carbocycles. The fourth-order valence-electron chi connectivity index (χ4n) is 1.05. The maximum Gasteiger partial charge on any atom is 0.307 e. The number of aliphatic hydroxyl groups excluding tert-OH is 1. The fraction of sp³-hybridized carbons (Fsp3) is 0.667. The Morgan fingerprint density at radius 3 is 2.69 bits per heavy atom. The summed E-state index contributed by atoms with van der Waals surface area (Å²) in [4.78, 5) is 12.4. The highest BCUT2D eigenvalue weighted by atomic mass is 16.4. The molecule has 4 nitrogen and oxygen atoms in total. The van der Waals surface area contributed by atoms with Crippen LogP contribution in [0.3, 0.4) is 0 Å². The molecule has 76 valence electrons. The normalized spacial score (nSPS) is 12.8. The van der Waals surface area contributed by atoms with Gasteiger partial charge in [0.25, 0.3) is 0 Å². The van der Waals surface area contributed by atoms with Gasteiger partial charge in [-0.2, -0.15) is 0 Å². The minimum atomic E-state index is -0.813. The van der Waals surface area contributed by atoms with Crippen molar-refractivity contribution in [2.24, 2.45) is 5.92 Å². The van der Waals surface area contributed by atoms with Gasteiger partial charge in [-0.05, 0) is 0 Å². The van der Waals surface area contributed by atoms with Gasteiger partial charge in [0.05, 0.1) is 12.5 Å². The van der Waals surface area contributed by atoms with Crippen molar-refractivity contribution in [1.29, 1.82) is 0 Å². The number of hydrogen-bond donors (Lipinski definition) is 2. The molecule has 1 unspecified atom stereocenters. The summed E-state index contributed by atoms with van der Waals surface area (Å²) < 4.78 is 0. The van der Waals surface area contributed by atoms with Gasteiger partial charge in [-0.15, -0.1) is 6.58 Å². The van der Waals surface area contributed by atoms with Crippen LogP contribution in [0.15, 0.2) is 12.7 Å². The van der Waals surface area contributed by atoms with E-state index in [1.165, 1.54) is 0 Å². The van der Waals surface area contributed by atoms with Crippen molar-refractivity contribution in [3.05, 3.63) is 12.7 Å². The molecule has 0 aromatic rings. The number of carboxylic acid groups (broad SMARTS) is 1. The van der Waals surface area contributed by atoms with Crippen LogP contribution < -0.4 is 0 Å². The van der Waals surface area contributed by atoms with Crippen LogP contribution in [0.5, 0.6) is 0 Å². The highest BCUT2D eigenvalue weighted by Crippen LogP contribution is 1.99. The molecule has 4 heteroatoms. The molecular formula is C9H17NO3. The zero-order valence-electron chi connectivity index (χ0n) is 7.94. The zero-order chi connectivity index (χ0) is 10.3. The Morgan fingerprint density at radius 2 is 2.31 bits per heavy atom. The lowest BCUT2D eigenvalue weighted by atomic mass is 10.1. The van der Waals surface area contributed by atoms with Crippen molar-refractivity contribution in [2.75, 3.05) is 26.2 Å². The minimum absolute atomic E-state index is 0.0418. The van der Waals surface area contributed by atoms with Gasteiger partial charge in [0, 0.05) is 19.6 Å². The molecule has 2 N–H and O–H groups in total. The van der Waals surface area contributed by atoms with Gasteiger partial charge in [0.2, 0.25) is 0 Å². The second-order valence-electron chi connectivity index (χ2n) is 3.01. The van der Waals surface area contributed by atoms with Crippen LogP contribution in [0.2, 0.25) is 0 Å². The molecule has 0 bridgehead atoms. The van der Waals surface area contributed by atoms with E-state index in [2.05, 4.69) is 6.58 Å². The van der Waals surface area contributed by atoms with Crippen molar-refractivity contribution in [3.8, 4) is 0 Å². The van der Waals surface area contributed by atoms with E-state index in [9.17, 15) is 4.79 Å². The maximum absolute atomic E-state index is 10.5. The zero-order valence-corrected chi connectivity index (χ0v) is 7.94. The molecule has 0 aliphatic carbocycles. The number of rotatable bonds is 7. The van der Waals surface area contributed by atoms with Crippen molar-refractivity contribution in [2.45, 2.75) is 6.92 Å². The number of carbonyl (C=O) groups is 1. The van der Waals surface area contributed by atoms with Crippen LogP contribution in [0.25, 0.3) is 0 Å². The highest BCUT2D eigenvalue weighted by Gasteiger charge is 2.14. The Balaban J connectivity index is 3.92. The van der Waals surface area contributed by atoms with Gasteiger partial charge in [-0.1, -0.05) is 13.0 Å². The van der Waals surface area contributed by atoms with Gasteiger partial charge in [0.1, 0.15) is 0 Å². The smallest absolute Gasteiger partial charge is 0.307 e. The SMILES string of the molecule is C=CCN(CCO)CC(C)C(=O)O. The number of carboxylic acids is 1. The van der Waals surface area contributed by atoms with E-state index in [0.717, 1.165) is 0 Å². The van der Waals surface area contributed by atoms with Gasteiger partial charge in [-0.3, -0.25) is 9.69 Å². The number of hydrogen-bond acceptors (Lipinski definition) is 3. The molecule has 0 saturated heterocycles. The first-order valence-electron chi connectivity index (χ1n) is 4.28. The molecule has 0 rings (SSSR count). The topological polar surface area (TPSA) is 60.8 Å². The van der Waals surface area contributed by atoms with E-state index in [-0.39, 0.29) is 6.61 Å². The van der Waals surface area contributed by atoms with Crippen molar-refractivity contribution >= 4 is 5.97 Å². The van der Waals surface area contributed by atoms with Gasteiger partial charge in [-0.25, -0.2) is 0 Å². The Hall–Kier alpha value is -0.870. The second kappa shape index (κ2) is 6.62. The molecule has 0 aliphatic heterocycles. The highest BCUT2D eigenvalue weighted by molar-refractivity contribution is 5.69. The monoisotopic (exact) mass is 187 g/mol. The largest absolute Gasteiger partial charge is 0.481 e. The molecule has 0 fully saturated rings. The van der Waals surface area contributed by atoms with Crippen LogP contribution in [0.1, 0.15) is 6.92 Å². The Bertz CT molecular complexity index is 170. The van der Waals surface area contributed by atoms with Crippen molar-refractivity contribution < 1.29 is 15.0 Å². The lowest BCUT2D eigenvalue weighted by Crippen LogP contribution is -2.34. The third-order valence-corrected chi connectivity index (χ3v) is 1.76. The quantitative estimate of drug-likeness (QED) is 0.558. The van der Waals surface area contributed by atoms with E-state index >= 15 is 0 Å². The van der Waals surface area contributed by atoms with Gasteiger partial charge >= 0.3 is 5.97 Å². The van der Waals surface area contributed by atoms with Crippen LogP contribution in [-0.4, -0.2) is 47.3 Å². The van der Waals surface area contributed by atoms with E-state index < -0.39 is 11.9 Å². The lowest BCUT2D eigenvalue weighted by molar-refractivity contribution is -0.141. The van der Waals surface area contributed by atoms with Crippen LogP contribution in [0.4, 0.5) is 0 Å². The van der Waals surface area contributed by atoms with Crippen LogP contribution >= 0.6 is 0 Å². The Labute approximate surface area is 78.5 Å². The molecule has 0 aliphatic rings. The fourth-order valence-corrected chi connectivity index (χ4v) is 1.05. The van der Waals surface area contributed by atoms with E-state index in [4.69, 9.17) is 10.2 Å². The second-order valence-corrected chi connectivity index (χ2v) is 3.01. The van der Waals surface area contributed by atoms with Crippen molar-refractivity contribution in [1.82, 2.24) is 4.90 Å². The first-order chi connectivity index (χ1) is 6.11. The third kappa shape index (κ3) is 5.38. The molecule has 0 radical (unpaired) electrons. The summed E-state index contributed by atoms with van der Waals surface area (Å²) in [6, 6.07) is 0. The van der Waals surface area contributed by atoms with Gasteiger partial charge < -0.3 is 10.2 Å². The molecule has 13 heavy (non-hydrogen) atoms. The lowest BCUT2D eigenvalue weighted by Gasteiger charge is -2.21. The standard InChI is InChI=1S/C9H17NO3/c1-3-4-10(5-6-11)7-8(2)9(12)13/h3,8,11H,1,4-7H2,2H3,(H,12,13). The molecular weight excluding hydrogens is 170 g/mol. The first kappa shape index (κ1) is 12.1. The molecule has 1 atom stereocenters. The predicted molar refractivity (Wildman–Crippen MR) is 50.5 cm³/mol. The summed E-state index contributed by atoms with van der Waals surface area (Å²) in [5.74, 6) is -1.22. The summed E-state index contributed by atoms with van der Waals surface area (Å²) in [6.45, 7) is 6.80. The number of aliphatic carboxylic acids is 1. The Kier molecular flexibility index (Phi) is 6.18. The summed E-state index contributed by atoms with van der Waals surface area (Å²) >= 11 is 0. The van der Waals surface area contributed by atoms with E-state index in [0.29, 0.717) is 19.6 Å². The average molecular weight is 187 g/mol. The Morgan fingerprint density at radius 1 is 1.69 bits per heavy atom. The van der Waals surface area contributed by atoms with Crippen LogP contribution in [-0.2, 0) is 4.79 Å². The minimum Gasteiger partial charge on any atom is -0.481 e. The summed E-state index contributed by atoms with van der Waals surface area (Å²) in [5.41, 5.74) is 0. The third-order valence-electron chi connectivity index (χ3n) is 1.76. The van der Waals surface area contributed by atoms with E-state index in [1.807, 2.05) is 4.90 Å². The number of aliphatic hydroxyl groups is 1. The van der Waals surface area contributed by atoms with E-state index in [1.54, 1.807) is 13.0 Å². The summed E-state index contributed by atoms with van der Waals surface area (Å²) in [6.07, 6.45) is 1.70. The van der Waals surface area contributed by atoms with Crippen LogP contribution in [0, 0.1) is 5.92 Å². The summed E-state index contributed by atoms with van der Waals surface area (Å²) in [7, 11) is 0. The first-order valence-corrected chi connectivity index (χ1v) is 4.28. The molecule has 0 aromatic heterocycles. The number of nitrogens with zero attached hydrogens (tertiary/aromatic N) is 1. The molecule has 0 amide bonds. The summed E-state index contributed by atoms with van der Waals surface area (Å²) in [5, 5.41) is 17.3. The molecule has 0 aromatic carbocycles. The molecule has 0 heterocycles. The maximum atomic E-state index is 10.5. The average Bonchev–Trinajstić information content (AvgIpc) is 2.05. The predicted octanol–water partition coefficient (Wildman–Crippen LogP) is 0.187.